The predicted octanol–water partition coefficient (Wildman–Crippen LogP) is 3.77. The van der Waals surface area contributed by atoms with Gasteiger partial charge in [0.15, 0.2) is 0 Å². The van der Waals surface area contributed by atoms with Gasteiger partial charge in [-0.2, -0.15) is 0 Å². The van der Waals surface area contributed by atoms with Crippen LogP contribution in [0.25, 0.3) is 0 Å². The summed E-state index contributed by atoms with van der Waals surface area (Å²) in [5.41, 5.74) is 1.23. The molecule has 0 atom stereocenters. The quantitative estimate of drug-likeness (QED) is 0.262. The van der Waals surface area contributed by atoms with Gasteiger partial charge in [-0.3, -0.25) is 4.79 Å². The maximum absolute atomic E-state index is 10.9. The molecule has 0 saturated heterocycles. The van der Waals surface area contributed by atoms with E-state index in [9.17, 15) is 4.79 Å². The van der Waals surface area contributed by atoms with Crippen LogP contribution in [0.5, 0.6) is 0 Å². The van der Waals surface area contributed by atoms with Crippen molar-refractivity contribution in [1.82, 2.24) is 0 Å². The molecule has 0 spiro atoms. The second-order valence-corrected chi connectivity index (χ2v) is 6.47. The third-order valence-corrected chi connectivity index (χ3v) is 4.08. The Bertz CT molecular complexity index is 465. The Hall–Kier alpha value is -1.47. The number of benzene rings is 1. The zero-order valence-corrected chi connectivity index (χ0v) is 17.2. The summed E-state index contributed by atoms with van der Waals surface area (Å²) in [6.45, 7) is 5.11. The van der Waals surface area contributed by atoms with Crippen LogP contribution in [0.15, 0.2) is 30.3 Å². The Labute approximate surface area is 169 Å². The molecule has 0 unspecified atom stereocenters. The minimum atomic E-state index is -0.201. The summed E-state index contributed by atoms with van der Waals surface area (Å²) >= 11 is 0. The fraction of sp³-hybridized carbons (Fsp3) is 0.682. The van der Waals surface area contributed by atoms with Gasteiger partial charge in [0.05, 0.1) is 40.1 Å². The van der Waals surface area contributed by atoms with Gasteiger partial charge in [-0.15, -0.1) is 0 Å². The summed E-state index contributed by atoms with van der Waals surface area (Å²) in [7, 11) is 1.39. The van der Waals surface area contributed by atoms with Crippen LogP contribution in [0.2, 0.25) is 0 Å². The third-order valence-electron chi connectivity index (χ3n) is 4.08. The van der Waals surface area contributed by atoms with Crippen molar-refractivity contribution in [3.63, 3.8) is 0 Å². The first-order valence-electron chi connectivity index (χ1n) is 10.2. The third kappa shape index (κ3) is 15.6. The molecule has 0 aliphatic rings. The van der Waals surface area contributed by atoms with Gasteiger partial charge < -0.3 is 23.7 Å². The van der Waals surface area contributed by atoms with Crippen molar-refractivity contribution < 1.29 is 28.5 Å². The van der Waals surface area contributed by atoms with E-state index < -0.39 is 0 Å². The lowest BCUT2D eigenvalue weighted by atomic mass is 10.2. The summed E-state index contributed by atoms with van der Waals surface area (Å²) in [5, 5.41) is 0. The Morgan fingerprint density at radius 1 is 0.679 bits per heavy atom. The number of hydrogen-bond donors (Lipinski definition) is 0. The normalized spacial score (nSPS) is 10.9. The lowest BCUT2D eigenvalue weighted by Gasteiger charge is -2.07. The molecule has 1 rings (SSSR count). The van der Waals surface area contributed by atoms with Gasteiger partial charge in [0.1, 0.15) is 0 Å². The van der Waals surface area contributed by atoms with Gasteiger partial charge >= 0.3 is 5.97 Å². The van der Waals surface area contributed by atoms with Crippen molar-refractivity contribution in [2.75, 3.05) is 53.4 Å². The minimum absolute atomic E-state index is 0.201. The molecule has 0 bridgehead atoms. The average molecular weight is 397 g/mol. The van der Waals surface area contributed by atoms with Gasteiger partial charge in [-0.25, -0.2) is 0 Å². The predicted molar refractivity (Wildman–Crippen MR) is 108 cm³/mol. The molecule has 1 aromatic carbocycles. The molecule has 0 radical (unpaired) electrons. The monoisotopic (exact) mass is 396 g/mol. The maximum Gasteiger partial charge on any atom is 0.305 e. The molecular formula is C22H36O6. The van der Waals surface area contributed by atoms with Crippen LogP contribution in [-0.4, -0.2) is 59.3 Å². The van der Waals surface area contributed by atoms with E-state index >= 15 is 0 Å². The van der Waals surface area contributed by atoms with E-state index in [2.05, 4.69) is 16.9 Å². The molecule has 6 heteroatoms. The second kappa shape index (κ2) is 18.9. The van der Waals surface area contributed by atoms with Gasteiger partial charge in [-0.1, -0.05) is 43.2 Å². The molecule has 0 heterocycles. The lowest BCUT2D eigenvalue weighted by molar-refractivity contribution is -0.141. The molecule has 0 N–H and O–H groups in total. The molecule has 0 amide bonds. The minimum Gasteiger partial charge on any atom is -0.469 e. The van der Waals surface area contributed by atoms with E-state index in [1.54, 1.807) is 0 Å². The van der Waals surface area contributed by atoms with E-state index in [0.29, 0.717) is 52.5 Å². The number of rotatable bonds is 19. The topological polar surface area (TPSA) is 63.2 Å². The molecule has 0 aromatic heterocycles. The Morgan fingerprint density at radius 2 is 1.21 bits per heavy atom. The van der Waals surface area contributed by atoms with E-state index in [1.807, 2.05) is 18.2 Å². The Kier molecular flexibility index (Phi) is 16.6. The smallest absolute Gasteiger partial charge is 0.305 e. The highest BCUT2D eigenvalue weighted by Gasteiger charge is 1.99. The molecule has 28 heavy (non-hydrogen) atoms. The van der Waals surface area contributed by atoms with Gasteiger partial charge in [-0.05, 0) is 24.8 Å². The summed E-state index contributed by atoms with van der Waals surface area (Å²) in [5.74, 6) is -0.201. The highest BCUT2D eigenvalue weighted by Crippen LogP contribution is 2.04. The number of esters is 1. The van der Waals surface area contributed by atoms with Crippen molar-refractivity contribution in [3.8, 4) is 0 Å². The number of ether oxygens (including phenoxy) is 5. The highest BCUT2D eigenvalue weighted by molar-refractivity contribution is 5.68. The first-order chi connectivity index (χ1) is 13.8. The number of carbonyl (C=O) groups excluding carboxylic acids is 1. The van der Waals surface area contributed by atoms with Crippen LogP contribution in [0.1, 0.15) is 44.1 Å². The van der Waals surface area contributed by atoms with Crippen molar-refractivity contribution in [3.05, 3.63) is 35.9 Å². The summed E-state index contributed by atoms with van der Waals surface area (Å²) in [4.78, 5) is 10.9. The van der Waals surface area contributed by atoms with Crippen molar-refractivity contribution >= 4 is 5.97 Å². The molecule has 1 aromatic rings. The van der Waals surface area contributed by atoms with Crippen LogP contribution >= 0.6 is 0 Å². The molecule has 0 fully saturated rings. The molecule has 160 valence electrons. The fourth-order valence-corrected chi connectivity index (χ4v) is 2.49. The summed E-state index contributed by atoms with van der Waals surface area (Å²) in [6, 6.07) is 10.3. The molecule has 0 saturated carbocycles. The van der Waals surface area contributed by atoms with Crippen LogP contribution in [0, 0.1) is 0 Å². The van der Waals surface area contributed by atoms with Crippen LogP contribution in [0.4, 0.5) is 0 Å². The second-order valence-electron chi connectivity index (χ2n) is 6.47. The molecule has 0 aliphatic carbocycles. The first-order valence-corrected chi connectivity index (χ1v) is 10.2. The maximum atomic E-state index is 10.9. The summed E-state index contributed by atoms with van der Waals surface area (Å²) in [6.07, 6.45) is 5.56. The zero-order valence-electron chi connectivity index (χ0n) is 17.2. The van der Waals surface area contributed by atoms with Gasteiger partial charge in [0, 0.05) is 26.2 Å². The largest absolute Gasteiger partial charge is 0.469 e. The van der Waals surface area contributed by atoms with Crippen molar-refractivity contribution in [2.24, 2.45) is 0 Å². The highest BCUT2D eigenvalue weighted by atomic mass is 16.5. The number of carbonyl (C=O) groups is 1. The number of unbranched alkanes of at least 4 members (excludes halogenated alkanes) is 3. The Balaban J connectivity index is 1.69. The van der Waals surface area contributed by atoms with E-state index in [-0.39, 0.29) is 5.97 Å². The van der Waals surface area contributed by atoms with Crippen LogP contribution < -0.4 is 0 Å². The van der Waals surface area contributed by atoms with Gasteiger partial charge in [0.25, 0.3) is 0 Å². The van der Waals surface area contributed by atoms with Crippen molar-refractivity contribution in [1.29, 1.82) is 0 Å². The SMILES string of the molecule is COC(=O)CCCOCCOCCOCCCCCCOCc1ccccc1. The van der Waals surface area contributed by atoms with Crippen molar-refractivity contribution in [2.45, 2.75) is 45.1 Å². The Morgan fingerprint density at radius 3 is 1.82 bits per heavy atom. The standard InChI is InChI=1S/C22H36O6/c1-24-22(23)12-9-15-26-17-19-27-18-16-25-13-7-2-3-8-14-28-20-21-10-5-4-6-11-21/h4-6,10-11H,2-3,7-9,12-20H2,1H3. The zero-order chi connectivity index (χ0) is 20.1. The number of methoxy groups -OCH3 is 1. The average Bonchev–Trinajstić information content (AvgIpc) is 2.73. The lowest BCUT2D eigenvalue weighted by Crippen LogP contribution is -2.11. The van der Waals surface area contributed by atoms with Gasteiger partial charge in [0.2, 0.25) is 0 Å². The molecule has 0 aliphatic heterocycles. The van der Waals surface area contributed by atoms with Crippen LogP contribution in [0.3, 0.4) is 0 Å². The number of hydrogen-bond acceptors (Lipinski definition) is 6. The van der Waals surface area contributed by atoms with E-state index in [0.717, 1.165) is 32.5 Å². The fourth-order valence-electron chi connectivity index (χ4n) is 2.49. The molecular weight excluding hydrogens is 360 g/mol. The molecule has 6 nitrogen and oxygen atoms in total. The van der Waals surface area contributed by atoms with E-state index in [4.69, 9.17) is 18.9 Å². The van der Waals surface area contributed by atoms with Crippen LogP contribution in [-0.2, 0) is 35.1 Å². The first kappa shape index (κ1) is 24.6. The summed E-state index contributed by atoms with van der Waals surface area (Å²) < 4.78 is 26.6. The van der Waals surface area contributed by atoms with E-state index in [1.165, 1.54) is 19.1 Å².